The quantitative estimate of drug-likeness (QED) is 0.819. The third-order valence-electron chi connectivity index (χ3n) is 3.12. The minimum Gasteiger partial charge on any atom is -0.494 e. The number of nitrogens with zero attached hydrogens (tertiary/aromatic N) is 1. The van der Waals surface area contributed by atoms with Crippen molar-refractivity contribution in [2.24, 2.45) is 0 Å². The van der Waals surface area contributed by atoms with Crippen LogP contribution in [0.15, 0.2) is 24.3 Å². The summed E-state index contributed by atoms with van der Waals surface area (Å²) in [5.41, 5.74) is 1.17. The van der Waals surface area contributed by atoms with Crippen LogP contribution in [0.5, 0.6) is 5.75 Å². The van der Waals surface area contributed by atoms with Crippen molar-refractivity contribution in [3.05, 3.63) is 24.3 Å². The van der Waals surface area contributed by atoms with Crippen molar-refractivity contribution in [3.63, 3.8) is 0 Å². The van der Waals surface area contributed by atoms with Crippen molar-refractivity contribution in [3.8, 4) is 5.75 Å². The molecule has 0 atom stereocenters. The molecule has 1 aliphatic heterocycles. The van der Waals surface area contributed by atoms with Gasteiger partial charge in [0.1, 0.15) is 5.75 Å². The van der Waals surface area contributed by atoms with Crippen LogP contribution in [0, 0.1) is 0 Å². The van der Waals surface area contributed by atoms with Gasteiger partial charge < -0.3 is 15.0 Å². The monoisotopic (exact) mass is 234 g/mol. The highest BCUT2D eigenvalue weighted by Crippen LogP contribution is 2.15. The lowest BCUT2D eigenvalue weighted by molar-refractivity contribution is 0.340. The summed E-state index contributed by atoms with van der Waals surface area (Å²) < 4.78 is 5.41. The van der Waals surface area contributed by atoms with E-state index >= 15 is 0 Å². The third kappa shape index (κ3) is 3.93. The molecule has 1 fully saturated rings. The summed E-state index contributed by atoms with van der Waals surface area (Å²) in [6.07, 6.45) is 2.73. The zero-order chi connectivity index (χ0) is 11.9. The van der Waals surface area contributed by atoms with E-state index < -0.39 is 0 Å². The Kier molecular flexibility index (Phi) is 4.68. The second-order valence-electron chi connectivity index (χ2n) is 4.43. The topological polar surface area (TPSA) is 24.5 Å². The number of ether oxygens (including phenoxy) is 1. The van der Waals surface area contributed by atoms with E-state index in [1.165, 1.54) is 31.6 Å². The summed E-state index contributed by atoms with van der Waals surface area (Å²) in [5.74, 6) is 0.942. The van der Waals surface area contributed by atoms with Gasteiger partial charge in [0.25, 0.3) is 0 Å². The SMILES string of the molecule is CCOc1ccc(NCCN2CCCC2)cc1. The first kappa shape index (κ1) is 12.2. The van der Waals surface area contributed by atoms with Crippen LogP contribution in [-0.2, 0) is 0 Å². The van der Waals surface area contributed by atoms with Gasteiger partial charge in [-0.25, -0.2) is 0 Å². The van der Waals surface area contributed by atoms with E-state index in [4.69, 9.17) is 4.74 Å². The lowest BCUT2D eigenvalue weighted by atomic mass is 10.3. The molecule has 0 unspecified atom stereocenters. The molecule has 1 aliphatic rings. The largest absolute Gasteiger partial charge is 0.494 e. The lowest BCUT2D eigenvalue weighted by Gasteiger charge is -2.15. The van der Waals surface area contributed by atoms with Gasteiger partial charge in [0.2, 0.25) is 0 Å². The second kappa shape index (κ2) is 6.50. The molecule has 0 spiro atoms. The zero-order valence-electron chi connectivity index (χ0n) is 10.6. The maximum atomic E-state index is 5.41. The van der Waals surface area contributed by atoms with E-state index in [2.05, 4.69) is 22.3 Å². The van der Waals surface area contributed by atoms with Crippen molar-refractivity contribution < 1.29 is 4.74 Å². The molecule has 1 aromatic rings. The number of hydrogen-bond acceptors (Lipinski definition) is 3. The highest BCUT2D eigenvalue weighted by atomic mass is 16.5. The van der Waals surface area contributed by atoms with Crippen LogP contribution in [0.25, 0.3) is 0 Å². The Morgan fingerprint density at radius 3 is 2.53 bits per heavy atom. The Labute approximate surface area is 104 Å². The Balaban J connectivity index is 1.70. The van der Waals surface area contributed by atoms with Crippen LogP contribution >= 0.6 is 0 Å². The summed E-state index contributed by atoms with van der Waals surface area (Å²) in [7, 11) is 0. The fourth-order valence-corrected chi connectivity index (χ4v) is 2.20. The second-order valence-corrected chi connectivity index (χ2v) is 4.43. The van der Waals surface area contributed by atoms with Gasteiger partial charge in [-0.3, -0.25) is 0 Å². The molecule has 1 saturated heterocycles. The standard InChI is InChI=1S/C14H22N2O/c1-2-17-14-7-5-13(6-8-14)15-9-12-16-10-3-4-11-16/h5-8,15H,2-4,9-12H2,1H3. The maximum Gasteiger partial charge on any atom is 0.119 e. The van der Waals surface area contributed by atoms with Gasteiger partial charge in [-0.15, -0.1) is 0 Å². The van der Waals surface area contributed by atoms with Crippen molar-refractivity contribution in [1.29, 1.82) is 0 Å². The zero-order valence-corrected chi connectivity index (χ0v) is 10.6. The molecule has 17 heavy (non-hydrogen) atoms. The average molecular weight is 234 g/mol. The van der Waals surface area contributed by atoms with Crippen molar-refractivity contribution in [2.75, 3.05) is 38.1 Å². The van der Waals surface area contributed by atoms with E-state index in [9.17, 15) is 0 Å². The van der Waals surface area contributed by atoms with E-state index in [1.54, 1.807) is 0 Å². The van der Waals surface area contributed by atoms with Crippen molar-refractivity contribution in [1.82, 2.24) is 4.90 Å². The minimum atomic E-state index is 0.724. The highest BCUT2D eigenvalue weighted by Gasteiger charge is 2.09. The fraction of sp³-hybridized carbons (Fsp3) is 0.571. The molecule has 0 amide bonds. The molecular formula is C14H22N2O. The fourth-order valence-electron chi connectivity index (χ4n) is 2.20. The van der Waals surface area contributed by atoms with Crippen LogP contribution in [-0.4, -0.2) is 37.7 Å². The van der Waals surface area contributed by atoms with Crippen LogP contribution < -0.4 is 10.1 Å². The number of anilines is 1. The normalized spacial score (nSPS) is 16.1. The van der Waals surface area contributed by atoms with Crippen LogP contribution in [0.1, 0.15) is 19.8 Å². The molecule has 3 heteroatoms. The van der Waals surface area contributed by atoms with E-state index in [0.717, 1.165) is 25.4 Å². The predicted molar refractivity (Wildman–Crippen MR) is 71.8 cm³/mol. The smallest absolute Gasteiger partial charge is 0.119 e. The Bertz CT molecular complexity index is 317. The lowest BCUT2D eigenvalue weighted by Crippen LogP contribution is -2.25. The first-order valence-electron chi connectivity index (χ1n) is 6.57. The molecule has 0 saturated carbocycles. The van der Waals surface area contributed by atoms with E-state index in [0.29, 0.717) is 0 Å². The minimum absolute atomic E-state index is 0.724. The molecule has 3 nitrogen and oxygen atoms in total. The molecule has 1 heterocycles. The van der Waals surface area contributed by atoms with E-state index in [-0.39, 0.29) is 0 Å². The number of likely N-dealkylation sites (tertiary alicyclic amines) is 1. The Morgan fingerprint density at radius 2 is 1.88 bits per heavy atom. The first-order valence-corrected chi connectivity index (χ1v) is 6.57. The number of nitrogens with one attached hydrogen (secondary N) is 1. The summed E-state index contributed by atoms with van der Waals surface area (Å²) >= 11 is 0. The van der Waals surface area contributed by atoms with Crippen LogP contribution in [0.2, 0.25) is 0 Å². The molecule has 1 aromatic carbocycles. The highest BCUT2D eigenvalue weighted by molar-refractivity contribution is 5.46. The van der Waals surface area contributed by atoms with E-state index in [1.807, 2.05) is 19.1 Å². The first-order chi connectivity index (χ1) is 8.38. The van der Waals surface area contributed by atoms with Gasteiger partial charge in [-0.05, 0) is 57.1 Å². The molecule has 0 aliphatic carbocycles. The molecule has 0 bridgehead atoms. The van der Waals surface area contributed by atoms with Gasteiger partial charge in [0, 0.05) is 18.8 Å². The summed E-state index contributed by atoms with van der Waals surface area (Å²) in [4.78, 5) is 2.52. The average Bonchev–Trinajstić information content (AvgIpc) is 2.85. The number of benzene rings is 1. The van der Waals surface area contributed by atoms with Gasteiger partial charge in [0.15, 0.2) is 0 Å². The summed E-state index contributed by atoms with van der Waals surface area (Å²) in [6.45, 7) is 7.43. The Morgan fingerprint density at radius 1 is 1.18 bits per heavy atom. The molecule has 0 aromatic heterocycles. The predicted octanol–water partition coefficient (Wildman–Crippen LogP) is 2.59. The van der Waals surface area contributed by atoms with Gasteiger partial charge in [0.05, 0.1) is 6.61 Å². The number of hydrogen-bond donors (Lipinski definition) is 1. The third-order valence-corrected chi connectivity index (χ3v) is 3.12. The molecule has 1 N–H and O–H groups in total. The van der Waals surface area contributed by atoms with Gasteiger partial charge >= 0.3 is 0 Å². The van der Waals surface area contributed by atoms with Gasteiger partial charge in [-0.2, -0.15) is 0 Å². The molecule has 0 radical (unpaired) electrons. The summed E-state index contributed by atoms with van der Waals surface area (Å²) in [6, 6.07) is 8.19. The Hall–Kier alpha value is -1.22. The summed E-state index contributed by atoms with van der Waals surface area (Å²) in [5, 5.41) is 3.44. The molecule has 2 rings (SSSR count). The van der Waals surface area contributed by atoms with Gasteiger partial charge in [-0.1, -0.05) is 0 Å². The van der Waals surface area contributed by atoms with Crippen molar-refractivity contribution >= 4 is 5.69 Å². The molecular weight excluding hydrogens is 212 g/mol. The maximum absolute atomic E-state index is 5.41. The van der Waals surface area contributed by atoms with Crippen LogP contribution in [0.4, 0.5) is 5.69 Å². The van der Waals surface area contributed by atoms with Crippen LogP contribution in [0.3, 0.4) is 0 Å². The number of rotatable bonds is 6. The van der Waals surface area contributed by atoms with Crippen molar-refractivity contribution in [2.45, 2.75) is 19.8 Å². The molecule has 94 valence electrons.